The molecule has 1 heterocycles. The molecule has 0 saturated carbocycles. The standard InChI is InChI=1S/C27H20F3NO5S2/c28-27(29,30)20-9-6-18(7-10-20)16-35-21-11-8-19(12-22(21)36-15-17-4-2-1-3-5-17)13-23-25(34)31(14-24(32)33)26(37)38-23/h1-13H,14-16H2,(H,32,33). The fraction of sp³-hybridized carbons (Fsp3) is 0.148. The molecule has 11 heteroatoms. The highest BCUT2D eigenvalue weighted by molar-refractivity contribution is 8.26. The van der Waals surface area contributed by atoms with Gasteiger partial charge in [0.15, 0.2) is 11.5 Å². The third kappa shape index (κ3) is 6.93. The number of hydrogen-bond acceptors (Lipinski definition) is 6. The monoisotopic (exact) mass is 559 g/mol. The van der Waals surface area contributed by atoms with Gasteiger partial charge in [-0.2, -0.15) is 13.2 Å². The number of rotatable bonds is 9. The van der Waals surface area contributed by atoms with Gasteiger partial charge in [0.25, 0.3) is 5.91 Å². The number of thiocarbonyl (C=S) groups is 1. The van der Waals surface area contributed by atoms with Gasteiger partial charge in [0.1, 0.15) is 24.1 Å². The van der Waals surface area contributed by atoms with Crippen molar-refractivity contribution in [2.75, 3.05) is 6.54 Å². The third-order valence-electron chi connectivity index (χ3n) is 5.35. The van der Waals surface area contributed by atoms with Crippen molar-refractivity contribution >= 4 is 46.3 Å². The first kappa shape index (κ1) is 27.2. The van der Waals surface area contributed by atoms with Crippen molar-refractivity contribution in [2.45, 2.75) is 19.4 Å². The van der Waals surface area contributed by atoms with Gasteiger partial charge in [0, 0.05) is 0 Å². The molecule has 1 N–H and O–H groups in total. The van der Waals surface area contributed by atoms with E-state index in [4.69, 9.17) is 26.8 Å². The highest BCUT2D eigenvalue weighted by atomic mass is 32.2. The molecular formula is C27H20F3NO5S2. The fourth-order valence-electron chi connectivity index (χ4n) is 3.46. The first-order valence-electron chi connectivity index (χ1n) is 11.2. The van der Waals surface area contributed by atoms with Crippen LogP contribution in [0.15, 0.2) is 77.7 Å². The molecule has 4 rings (SSSR count). The average Bonchev–Trinajstić information content (AvgIpc) is 3.14. The Morgan fingerprint density at radius 3 is 2.21 bits per heavy atom. The third-order valence-corrected chi connectivity index (χ3v) is 6.72. The minimum Gasteiger partial charge on any atom is -0.485 e. The van der Waals surface area contributed by atoms with Crippen molar-refractivity contribution in [1.82, 2.24) is 4.90 Å². The zero-order valence-corrected chi connectivity index (χ0v) is 21.2. The Balaban J connectivity index is 1.55. The summed E-state index contributed by atoms with van der Waals surface area (Å²) in [5, 5.41) is 9.02. The number of carboxylic acids is 1. The number of carbonyl (C=O) groups is 2. The largest absolute Gasteiger partial charge is 0.485 e. The maximum absolute atomic E-state index is 12.8. The number of nitrogens with zero attached hydrogens (tertiary/aromatic N) is 1. The van der Waals surface area contributed by atoms with Crippen LogP contribution in [0.2, 0.25) is 0 Å². The number of aliphatic carboxylic acids is 1. The predicted molar refractivity (Wildman–Crippen MR) is 141 cm³/mol. The number of amides is 1. The van der Waals surface area contributed by atoms with Gasteiger partial charge in [-0.25, -0.2) is 0 Å². The smallest absolute Gasteiger partial charge is 0.416 e. The Hall–Kier alpha value is -3.83. The van der Waals surface area contributed by atoms with Gasteiger partial charge in [-0.05, 0) is 47.0 Å². The zero-order chi connectivity index (χ0) is 27.3. The van der Waals surface area contributed by atoms with Crippen LogP contribution in [0, 0.1) is 0 Å². The number of ether oxygens (including phenoxy) is 2. The van der Waals surface area contributed by atoms with E-state index in [0.29, 0.717) is 22.6 Å². The highest BCUT2D eigenvalue weighted by Gasteiger charge is 2.33. The van der Waals surface area contributed by atoms with Gasteiger partial charge in [-0.15, -0.1) is 0 Å². The molecule has 38 heavy (non-hydrogen) atoms. The Morgan fingerprint density at radius 2 is 1.58 bits per heavy atom. The molecule has 1 saturated heterocycles. The van der Waals surface area contributed by atoms with Gasteiger partial charge in [-0.1, -0.05) is 72.5 Å². The lowest BCUT2D eigenvalue weighted by molar-refractivity contribution is -0.140. The second kappa shape index (κ2) is 11.7. The molecule has 0 bridgehead atoms. The SMILES string of the molecule is O=C(O)CN1C(=O)C(=Cc2ccc(OCc3ccc(C(F)(F)F)cc3)c(OCc3ccccc3)c2)SC1=S. The summed E-state index contributed by atoms with van der Waals surface area (Å²) in [5.41, 5.74) is 1.29. The predicted octanol–water partition coefficient (Wildman–Crippen LogP) is 6.15. The summed E-state index contributed by atoms with van der Waals surface area (Å²) < 4.78 is 50.5. The van der Waals surface area contributed by atoms with E-state index in [1.807, 2.05) is 30.3 Å². The van der Waals surface area contributed by atoms with Crippen molar-refractivity contribution < 1.29 is 37.3 Å². The molecule has 0 unspecified atom stereocenters. The molecule has 6 nitrogen and oxygen atoms in total. The summed E-state index contributed by atoms with van der Waals surface area (Å²) in [4.78, 5) is 25.0. The lowest BCUT2D eigenvalue weighted by Gasteiger charge is -2.14. The van der Waals surface area contributed by atoms with Gasteiger partial charge in [0.05, 0.1) is 10.5 Å². The topological polar surface area (TPSA) is 76.1 Å². The molecule has 3 aromatic carbocycles. The van der Waals surface area contributed by atoms with Crippen molar-refractivity contribution in [3.63, 3.8) is 0 Å². The molecule has 1 amide bonds. The van der Waals surface area contributed by atoms with Crippen LogP contribution in [0.4, 0.5) is 13.2 Å². The Kier molecular flexibility index (Phi) is 8.38. The van der Waals surface area contributed by atoms with Crippen molar-refractivity contribution in [3.8, 4) is 11.5 Å². The van der Waals surface area contributed by atoms with Crippen LogP contribution >= 0.6 is 24.0 Å². The van der Waals surface area contributed by atoms with Gasteiger partial charge in [-0.3, -0.25) is 14.5 Å². The minimum atomic E-state index is -4.42. The Labute approximate surface area is 225 Å². The van der Waals surface area contributed by atoms with E-state index in [9.17, 15) is 22.8 Å². The van der Waals surface area contributed by atoms with E-state index in [2.05, 4.69) is 0 Å². The van der Waals surface area contributed by atoms with Crippen molar-refractivity contribution in [2.24, 2.45) is 0 Å². The summed E-state index contributed by atoms with van der Waals surface area (Å²) >= 11 is 6.14. The highest BCUT2D eigenvalue weighted by Crippen LogP contribution is 2.35. The molecule has 3 aromatic rings. The summed E-state index contributed by atoms with van der Waals surface area (Å²) in [6, 6.07) is 19.1. The van der Waals surface area contributed by atoms with Gasteiger partial charge in [0.2, 0.25) is 0 Å². The Bertz CT molecular complexity index is 1380. The van der Waals surface area contributed by atoms with Crippen molar-refractivity contribution in [1.29, 1.82) is 0 Å². The fourth-order valence-corrected chi connectivity index (χ4v) is 4.71. The van der Waals surface area contributed by atoms with Crippen LogP contribution in [-0.4, -0.2) is 32.7 Å². The van der Waals surface area contributed by atoms with E-state index in [0.717, 1.165) is 34.4 Å². The minimum absolute atomic E-state index is 0.00697. The van der Waals surface area contributed by atoms with Crippen LogP contribution in [0.5, 0.6) is 11.5 Å². The summed E-state index contributed by atoms with van der Waals surface area (Å²) in [6.07, 6.45) is -2.84. The average molecular weight is 560 g/mol. The van der Waals surface area contributed by atoms with Crippen LogP contribution in [0.3, 0.4) is 0 Å². The number of halogens is 3. The number of thioether (sulfide) groups is 1. The molecule has 0 aromatic heterocycles. The number of benzene rings is 3. The summed E-state index contributed by atoms with van der Waals surface area (Å²) in [6.45, 7) is -0.293. The van der Waals surface area contributed by atoms with Gasteiger partial charge >= 0.3 is 12.1 Å². The van der Waals surface area contributed by atoms with E-state index >= 15 is 0 Å². The number of carboxylic acid groups (broad SMARTS) is 1. The first-order valence-corrected chi connectivity index (χ1v) is 12.4. The molecular weight excluding hydrogens is 539 g/mol. The summed E-state index contributed by atoms with van der Waals surface area (Å²) in [7, 11) is 0. The quantitative estimate of drug-likeness (QED) is 0.249. The molecule has 0 aliphatic carbocycles. The molecule has 0 spiro atoms. The number of hydrogen-bond donors (Lipinski definition) is 1. The second-order valence-electron chi connectivity index (χ2n) is 8.13. The Morgan fingerprint density at radius 1 is 0.947 bits per heavy atom. The molecule has 1 aliphatic heterocycles. The lowest BCUT2D eigenvalue weighted by Crippen LogP contribution is -2.33. The zero-order valence-electron chi connectivity index (χ0n) is 19.6. The first-order chi connectivity index (χ1) is 18.1. The van der Waals surface area contributed by atoms with E-state index < -0.39 is 30.2 Å². The maximum atomic E-state index is 12.8. The van der Waals surface area contributed by atoms with Crippen LogP contribution in [0.25, 0.3) is 6.08 Å². The van der Waals surface area contributed by atoms with E-state index in [-0.39, 0.29) is 22.4 Å². The molecule has 0 atom stereocenters. The molecule has 1 fully saturated rings. The van der Waals surface area contributed by atoms with Crippen LogP contribution < -0.4 is 9.47 Å². The molecule has 1 aliphatic rings. The molecule has 0 radical (unpaired) electrons. The van der Waals surface area contributed by atoms with Crippen LogP contribution in [0.1, 0.15) is 22.3 Å². The maximum Gasteiger partial charge on any atom is 0.416 e. The molecule has 196 valence electrons. The lowest BCUT2D eigenvalue weighted by atomic mass is 10.1. The van der Waals surface area contributed by atoms with Gasteiger partial charge < -0.3 is 14.6 Å². The van der Waals surface area contributed by atoms with E-state index in [1.54, 1.807) is 24.3 Å². The van der Waals surface area contributed by atoms with Crippen LogP contribution in [-0.2, 0) is 29.0 Å². The summed E-state index contributed by atoms with van der Waals surface area (Å²) in [5.74, 6) is -0.961. The normalized spacial score (nSPS) is 14.7. The van der Waals surface area contributed by atoms with E-state index in [1.165, 1.54) is 12.1 Å². The number of carbonyl (C=O) groups excluding carboxylic acids is 1. The number of alkyl halides is 3. The van der Waals surface area contributed by atoms with Crippen molar-refractivity contribution in [3.05, 3.63) is 100.0 Å². The second-order valence-corrected chi connectivity index (χ2v) is 9.80.